The van der Waals surface area contributed by atoms with Gasteiger partial charge in [-0.3, -0.25) is 4.90 Å². The van der Waals surface area contributed by atoms with E-state index >= 15 is 0 Å². The van der Waals surface area contributed by atoms with Crippen LogP contribution in [0.4, 0.5) is 0 Å². The summed E-state index contributed by atoms with van der Waals surface area (Å²) in [4.78, 5) is 7.15. The fraction of sp³-hybridized carbons (Fsp3) is 0.769. The van der Waals surface area contributed by atoms with Gasteiger partial charge in [0.05, 0.1) is 12.3 Å². The van der Waals surface area contributed by atoms with Crippen LogP contribution in [0.15, 0.2) is 5.38 Å². The van der Waals surface area contributed by atoms with Gasteiger partial charge in [-0.1, -0.05) is 0 Å². The number of nitrogens with one attached hydrogen (secondary N) is 1. The summed E-state index contributed by atoms with van der Waals surface area (Å²) < 4.78 is 5.27. The first kappa shape index (κ1) is 13.9. The summed E-state index contributed by atoms with van der Waals surface area (Å²) in [6, 6.07) is 0. The van der Waals surface area contributed by atoms with E-state index in [4.69, 9.17) is 4.74 Å². The molecule has 2 rings (SSSR count). The summed E-state index contributed by atoms with van der Waals surface area (Å²) in [7, 11) is 3.75. The summed E-state index contributed by atoms with van der Waals surface area (Å²) in [6.07, 6.45) is 2.58. The number of thiazole rings is 1. The third-order valence-corrected chi connectivity index (χ3v) is 4.22. The largest absolute Gasteiger partial charge is 0.384 e. The normalized spacial score (nSPS) is 21.3. The smallest absolute Gasteiger partial charge is 0.107 e. The number of piperidine rings is 1. The van der Waals surface area contributed by atoms with Gasteiger partial charge >= 0.3 is 0 Å². The molecule has 0 saturated carbocycles. The van der Waals surface area contributed by atoms with Crippen molar-refractivity contribution in [3.8, 4) is 0 Å². The second kappa shape index (κ2) is 7.19. The summed E-state index contributed by atoms with van der Waals surface area (Å²) in [5, 5.41) is 6.51. The number of likely N-dealkylation sites (tertiary alicyclic amines) is 1. The van der Waals surface area contributed by atoms with Crippen LogP contribution in [0, 0.1) is 5.92 Å². The van der Waals surface area contributed by atoms with Gasteiger partial charge in [0.2, 0.25) is 0 Å². The SMILES string of the molecule is CNCc1nc(CN2CCCC(COC)C2)cs1. The topological polar surface area (TPSA) is 37.4 Å². The lowest BCUT2D eigenvalue weighted by atomic mass is 9.99. The van der Waals surface area contributed by atoms with E-state index in [-0.39, 0.29) is 0 Å². The molecular weight excluding hydrogens is 246 g/mol. The van der Waals surface area contributed by atoms with E-state index in [1.165, 1.54) is 30.1 Å². The van der Waals surface area contributed by atoms with Crippen LogP contribution < -0.4 is 5.32 Å². The van der Waals surface area contributed by atoms with Crippen molar-refractivity contribution >= 4 is 11.3 Å². The zero-order valence-corrected chi connectivity index (χ0v) is 12.1. The van der Waals surface area contributed by atoms with Gasteiger partial charge in [-0.2, -0.15) is 0 Å². The number of methoxy groups -OCH3 is 1. The average Bonchev–Trinajstić information content (AvgIpc) is 2.78. The van der Waals surface area contributed by atoms with Gasteiger partial charge in [-0.15, -0.1) is 11.3 Å². The molecule has 1 aliphatic heterocycles. The number of hydrogen-bond acceptors (Lipinski definition) is 5. The molecule has 5 heteroatoms. The summed E-state index contributed by atoms with van der Waals surface area (Å²) in [6.45, 7) is 5.09. The Balaban J connectivity index is 1.84. The van der Waals surface area contributed by atoms with Crippen molar-refractivity contribution in [3.05, 3.63) is 16.1 Å². The van der Waals surface area contributed by atoms with Crippen LogP contribution in [0.3, 0.4) is 0 Å². The van der Waals surface area contributed by atoms with Gasteiger partial charge in [-0.25, -0.2) is 4.98 Å². The van der Waals surface area contributed by atoms with Crippen molar-refractivity contribution in [1.29, 1.82) is 0 Å². The second-order valence-corrected chi connectivity index (χ2v) is 5.90. The first-order valence-electron chi connectivity index (χ1n) is 6.61. The number of rotatable bonds is 6. The van der Waals surface area contributed by atoms with E-state index in [1.54, 1.807) is 18.4 Å². The molecule has 1 aromatic rings. The van der Waals surface area contributed by atoms with Crippen molar-refractivity contribution in [2.24, 2.45) is 5.92 Å². The van der Waals surface area contributed by atoms with Crippen LogP contribution in [-0.4, -0.2) is 43.7 Å². The first-order valence-corrected chi connectivity index (χ1v) is 7.49. The highest BCUT2D eigenvalue weighted by atomic mass is 32.1. The lowest BCUT2D eigenvalue weighted by molar-refractivity contribution is 0.0868. The predicted octanol–water partition coefficient (Wildman–Crippen LogP) is 1.72. The molecular formula is C13H23N3OS. The first-order chi connectivity index (χ1) is 8.81. The molecule has 0 radical (unpaired) electrons. The van der Waals surface area contributed by atoms with Crippen LogP contribution in [-0.2, 0) is 17.8 Å². The van der Waals surface area contributed by atoms with Gasteiger partial charge in [0.1, 0.15) is 5.01 Å². The maximum Gasteiger partial charge on any atom is 0.107 e. The highest BCUT2D eigenvalue weighted by Gasteiger charge is 2.20. The minimum atomic E-state index is 0.694. The minimum Gasteiger partial charge on any atom is -0.384 e. The Morgan fingerprint density at radius 3 is 3.28 bits per heavy atom. The molecule has 0 aromatic carbocycles. The molecule has 0 bridgehead atoms. The molecule has 1 atom stereocenters. The van der Waals surface area contributed by atoms with E-state index in [9.17, 15) is 0 Å². The summed E-state index contributed by atoms with van der Waals surface area (Å²) in [5.41, 5.74) is 1.21. The van der Waals surface area contributed by atoms with Crippen LogP contribution in [0.1, 0.15) is 23.5 Å². The molecule has 0 aliphatic carbocycles. The highest BCUT2D eigenvalue weighted by Crippen LogP contribution is 2.19. The van der Waals surface area contributed by atoms with E-state index in [2.05, 4.69) is 20.6 Å². The van der Waals surface area contributed by atoms with Gasteiger partial charge in [-0.05, 0) is 32.4 Å². The van der Waals surface area contributed by atoms with Gasteiger partial charge in [0, 0.05) is 32.1 Å². The molecule has 0 spiro atoms. The van der Waals surface area contributed by atoms with Crippen LogP contribution in [0.5, 0.6) is 0 Å². The van der Waals surface area contributed by atoms with Crippen molar-refractivity contribution < 1.29 is 4.74 Å². The lowest BCUT2D eigenvalue weighted by Gasteiger charge is -2.31. The molecule has 1 aliphatic rings. The van der Waals surface area contributed by atoms with Gasteiger partial charge < -0.3 is 10.1 Å². The molecule has 18 heavy (non-hydrogen) atoms. The molecule has 0 amide bonds. The quantitative estimate of drug-likeness (QED) is 0.853. The molecule has 2 heterocycles. The third-order valence-electron chi connectivity index (χ3n) is 3.32. The highest BCUT2D eigenvalue weighted by molar-refractivity contribution is 7.09. The van der Waals surface area contributed by atoms with Crippen molar-refractivity contribution in [2.45, 2.75) is 25.9 Å². The number of nitrogens with zero attached hydrogens (tertiary/aromatic N) is 2. The van der Waals surface area contributed by atoms with Gasteiger partial charge in [0.15, 0.2) is 0 Å². The van der Waals surface area contributed by atoms with Crippen molar-refractivity contribution in [2.75, 3.05) is 33.9 Å². The van der Waals surface area contributed by atoms with E-state index in [0.717, 1.165) is 26.2 Å². The zero-order chi connectivity index (χ0) is 12.8. The fourth-order valence-corrected chi connectivity index (χ4v) is 3.35. The Hall–Kier alpha value is -0.490. The lowest BCUT2D eigenvalue weighted by Crippen LogP contribution is -2.36. The predicted molar refractivity (Wildman–Crippen MR) is 74.8 cm³/mol. The maximum absolute atomic E-state index is 5.27. The summed E-state index contributed by atoms with van der Waals surface area (Å²) in [5.74, 6) is 0.694. The molecule has 102 valence electrons. The van der Waals surface area contributed by atoms with E-state index in [1.807, 2.05) is 7.05 Å². The molecule has 1 unspecified atom stereocenters. The van der Waals surface area contributed by atoms with Crippen molar-refractivity contribution in [3.63, 3.8) is 0 Å². The number of aromatic nitrogens is 1. The van der Waals surface area contributed by atoms with Crippen molar-refractivity contribution in [1.82, 2.24) is 15.2 Å². The zero-order valence-electron chi connectivity index (χ0n) is 11.3. The van der Waals surface area contributed by atoms with Gasteiger partial charge in [0.25, 0.3) is 0 Å². The Bertz CT molecular complexity index is 354. The second-order valence-electron chi connectivity index (χ2n) is 4.96. The average molecular weight is 269 g/mol. The number of ether oxygens (including phenoxy) is 1. The Labute approximate surface area is 113 Å². The standard InChI is InChI=1S/C13H23N3OS/c1-14-6-13-15-12(10-18-13)8-16-5-3-4-11(7-16)9-17-2/h10-11,14H,3-9H2,1-2H3. The fourth-order valence-electron chi connectivity index (χ4n) is 2.55. The Morgan fingerprint density at radius 1 is 1.61 bits per heavy atom. The van der Waals surface area contributed by atoms with E-state index in [0.29, 0.717) is 5.92 Å². The third kappa shape index (κ3) is 4.02. The molecule has 1 fully saturated rings. The maximum atomic E-state index is 5.27. The molecule has 1 aromatic heterocycles. The summed E-state index contributed by atoms with van der Waals surface area (Å²) >= 11 is 1.75. The monoisotopic (exact) mass is 269 g/mol. The van der Waals surface area contributed by atoms with Crippen LogP contribution >= 0.6 is 11.3 Å². The van der Waals surface area contributed by atoms with Crippen LogP contribution in [0.2, 0.25) is 0 Å². The molecule has 1 saturated heterocycles. The molecule has 1 N–H and O–H groups in total. The van der Waals surface area contributed by atoms with E-state index < -0.39 is 0 Å². The Morgan fingerprint density at radius 2 is 2.50 bits per heavy atom. The molecule has 4 nitrogen and oxygen atoms in total. The van der Waals surface area contributed by atoms with Crippen LogP contribution in [0.25, 0.3) is 0 Å². The minimum absolute atomic E-state index is 0.694. The Kier molecular flexibility index (Phi) is 5.56. The number of hydrogen-bond donors (Lipinski definition) is 1.